The molecule has 2 rings (SSSR count). The Kier molecular flexibility index (Phi) is 5.30. The van der Waals surface area contributed by atoms with Gasteiger partial charge >= 0.3 is 6.09 Å². The number of alkyl carbamates (subject to hydrolysis) is 1. The van der Waals surface area contributed by atoms with Gasteiger partial charge in [0.2, 0.25) is 0 Å². The van der Waals surface area contributed by atoms with Gasteiger partial charge in [0.05, 0.1) is 17.7 Å². The minimum Gasteiger partial charge on any atom is -0.444 e. The minimum atomic E-state index is -0.559. The number of imide groups is 1. The number of hydrogen-bond donors (Lipinski definition) is 1. The smallest absolute Gasteiger partial charge is 0.407 e. The second kappa shape index (κ2) is 7.09. The van der Waals surface area contributed by atoms with Crippen molar-refractivity contribution in [1.82, 2.24) is 10.2 Å². The Morgan fingerprint density at radius 3 is 2.04 bits per heavy atom. The predicted molar refractivity (Wildman–Crippen MR) is 94.4 cm³/mol. The second-order valence-electron chi connectivity index (χ2n) is 7.16. The summed E-state index contributed by atoms with van der Waals surface area (Å²) in [6, 6.07) is 6.80. The lowest BCUT2D eigenvalue weighted by Crippen LogP contribution is -2.34. The zero-order valence-corrected chi connectivity index (χ0v) is 15.3. The first kappa shape index (κ1) is 18.7. The Morgan fingerprint density at radius 1 is 1.04 bits per heavy atom. The number of hydrogen-bond acceptors (Lipinski definition) is 4. The average molecular weight is 344 g/mol. The molecule has 0 saturated carbocycles. The lowest BCUT2D eigenvalue weighted by Gasteiger charge is -2.20. The van der Waals surface area contributed by atoms with Crippen LogP contribution in [-0.4, -0.2) is 41.5 Å². The first-order chi connectivity index (χ1) is 11.6. The van der Waals surface area contributed by atoms with Gasteiger partial charge in [0.1, 0.15) is 5.60 Å². The molecule has 3 amide bonds. The van der Waals surface area contributed by atoms with Gasteiger partial charge in [0.25, 0.3) is 11.8 Å². The molecular formula is C19H24N2O4. The van der Waals surface area contributed by atoms with Crippen LogP contribution < -0.4 is 5.32 Å². The molecule has 1 aromatic rings. The summed E-state index contributed by atoms with van der Waals surface area (Å²) < 4.78 is 5.19. The van der Waals surface area contributed by atoms with E-state index >= 15 is 0 Å². The van der Waals surface area contributed by atoms with E-state index in [1.54, 1.807) is 45.0 Å². The van der Waals surface area contributed by atoms with E-state index in [0.29, 0.717) is 17.7 Å². The quantitative estimate of drug-likeness (QED) is 0.672. The Labute approximate surface area is 147 Å². The van der Waals surface area contributed by atoms with Crippen molar-refractivity contribution in [2.24, 2.45) is 0 Å². The van der Waals surface area contributed by atoms with E-state index in [2.05, 4.69) is 5.32 Å². The number of benzene rings is 1. The van der Waals surface area contributed by atoms with Gasteiger partial charge in [0, 0.05) is 6.54 Å². The molecule has 1 aromatic carbocycles. The van der Waals surface area contributed by atoms with Crippen LogP contribution in [0.4, 0.5) is 4.79 Å². The van der Waals surface area contributed by atoms with Crippen molar-refractivity contribution in [3.63, 3.8) is 0 Å². The first-order valence-corrected chi connectivity index (χ1v) is 8.17. The summed E-state index contributed by atoms with van der Waals surface area (Å²) in [4.78, 5) is 37.7. The topological polar surface area (TPSA) is 75.7 Å². The molecule has 0 atom stereocenters. The molecule has 0 aromatic heterocycles. The summed E-state index contributed by atoms with van der Waals surface area (Å²) in [6.07, 6.45) is -0.500. The summed E-state index contributed by atoms with van der Waals surface area (Å²) in [7, 11) is 0. The third kappa shape index (κ3) is 4.47. The van der Waals surface area contributed by atoms with Crippen LogP contribution in [0.2, 0.25) is 0 Å². The Balaban J connectivity index is 2.00. The Bertz CT molecular complexity index is 709. The highest BCUT2D eigenvalue weighted by Crippen LogP contribution is 2.23. The third-order valence-corrected chi connectivity index (χ3v) is 3.90. The van der Waals surface area contributed by atoms with Crippen LogP contribution in [0.1, 0.15) is 55.3 Å². The molecule has 1 aliphatic heterocycles. The van der Waals surface area contributed by atoms with E-state index in [-0.39, 0.29) is 18.4 Å². The number of ether oxygens (including phenoxy) is 1. The van der Waals surface area contributed by atoms with E-state index in [1.807, 2.05) is 13.8 Å². The molecule has 134 valence electrons. The van der Waals surface area contributed by atoms with Crippen LogP contribution in [-0.2, 0) is 4.74 Å². The highest BCUT2D eigenvalue weighted by Gasteiger charge is 2.35. The van der Waals surface area contributed by atoms with Gasteiger partial charge in [-0.2, -0.15) is 0 Å². The van der Waals surface area contributed by atoms with Crippen molar-refractivity contribution < 1.29 is 19.1 Å². The number of fused-ring (bicyclic) bond motifs is 1. The molecule has 0 saturated heterocycles. The molecule has 1 N–H and O–H groups in total. The van der Waals surface area contributed by atoms with Crippen molar-refractivity contribution in [3.05, 3.63) is 46.5 Å². The highest BCUT2D eigenvalue weighted by molar-refractivity contribution is 6.21. The molecule has 1 aliphatic rings. The molecule has 0 bridgehead atoms. The third-order valence-electron chi connectivity index (χ3n) is 3.90. The fourth-order valence-corrected chi connectivity index (χ4v) is 2.42. The fourth-order valence-electron chi connectivity index (χ4n) is 2.42. The maximum atomic E-state index is 12.4. The van der Waals surface area contributed by atoms with Gasteiger partial charge in [-0.3, -0.25) is 14.5 Å². The van der Waals surface area contributed by atoms with E-state index in [9.17, 15) is 14.4 Å². The van der Waals surface area contributed by atoms with Crippen molar-refractivity contribution in [1.29, 1.82) is 0 Å². The maximum Gasteiger partial charge on any atom is 0.407 e. The molecule has 0 fully saturated rings. The molecule has 1 heterocycles. The fraction of sp³-hybridized carbons (Fsp3) is 0.421. The Hall–Kier alpha value is -2.63. The molecule has 0 unspecified atom stereocenters. The predicted octanol–water partition coefficient (Wildman–Crippen LogP) is 3.14. The van der Waals surface area contributed by atoms with Gasteiger partial charge < -0.3 is 10.1 Å². The standard InChI is InChI=1S/C19H24N2O4/c1-12(10-20-18(24)25-19(3,4)5)13(2)11-21-16(22)14-8-6-7-9-15(14)17(21)23/h6-9H,10-11H2,1-5H3,(H,20,24). The number of rotatable bonds is 4. The molecule has 6 heteroatoms. The van der Waals surface area contributed by atoms with Crippen LogP contribution in [0.3, 0.4) is 0 Å². The van der Waals surface area contributed by atoms with Crippen LogP contribution in [0.15, 0.2) is 35.4 Å². The number of amides is 3. The van der Waals surface area contributed by atoms with Crippen LogP contribution in [0.25, 0.3) is 0 Å². The number of carbonyl (C=O) groups is 3. The van der Waals surface area contributed by atoms with Crippen LogP contribution >= 0.6 is 0 Å². The molecule has 0 aliphatic carbocycles. The van der Waals surface area contributed by atoms with E-state index < -0.39 is 11.7 Å². The van der Waals surface area contributed by atoms with Crippen molar-refractivity contribution in [3.8, 4) is 0 Å². The molecule has 6 nitrogen and oxygen atoms in total. The van der Waals surface area contributed by atoms with Crippen molar-refractivity contribution in [2.75, 3.05) is 13.1 Å². The van der Waals surface area contributed by atoms with Crippen LogP contribution in [0, 0.1) is 0 Å². The van der Waals surface area contributed by atoms with Gasteiger partial charge in [-0.05, 0) is 46.8 Å². The van der Waals surface area contributed by atoms with Gasteiger partial charge in [-0.25, -0.2) is 4.79 Å². The maximum absolute atomic E-state index is 12.4. The lowest BCUT2D eigenvalue weighted by molar-refractivity contribution is 0.0530. The normalized spacial score (nSPS) is 15.0. The summed E-state index contributed by atoms with van der Waals surface area (Å²) in [5.41, 5.74) is 2.04. The average Bonchev–Trinajstić information content (AvgIpc) is 2.76. The van der Waals surface area contributed by atoms with E-state index in [0.717, 1.165) is 11.1 Å². The monoisotopic (exact) mass is 344 g/mol. The zero-order valence-electron chi connectivity index (χ0n) is 15.3. The van der Waals surface area contributed by atoms with Crippen molar-refractivity contribution >= 4 is 17.9 Å². The van der Waals surface area contributed by atoms with Crippen molar-refractivity contribution in [2.45, 2.75) is 40.2 Å². The molecular weight excluding hydrogens is 320 g/mol. The Morgan fingerprint density at radius 2 is 1.56 bits per heavy atom. The SMILES string of the molecule is CC(CNC(=O)OC(C)(C)C)=C(C)CN1C(=O)c2ccccc2C1=O. The second-order valence-corrected chi connectivity index (χ2v) is 7.16. The van der Waals surface area contributed by atoms with Crippen LogP contribution in [0.5, 0.6) is 0 Å². The van der Waals surface area contributed by atoms with E-state index in [4.69, 9.17) is 4.74 Å². The lowest BCUT2D eigenvalue weighted by atomic mass is 10.1. The molecule has 0 spiro atoms. The van der Waals surface area contributed by atoms with Gasteiger partial charge in [0.15, 0.2) is 0 Å². The minimum absolute atomic E-state index is 0.203. The molecule has 0 radical (unpaired) electrons. The summed E-state index contributed by atoms with van der Waals surface area (Å²) in [5, 5.41) is 2.68. The molecule has 25 heavy (non-hydrogen) atoms. The zero-order chi connectivity index (χ0) is 18.8. The summed E-state index contributed by atoms with van der Waals surface area (Å²) in [5.74, 6) is -0.569. The number of nitrogens with one attached hydrogen (secondary N) is 1. The highest BCUT2D eigenvalue weighted by atomic mass is 16.6. The summed E-state index contributed by atoms with van der Waals surface area (Å²) >= 11 is 0. The first-order valence-electron chi connectivity index (χ1n) is 8.17. The largest absolute Gasteiger partial charge is 0.444 e. The van der Waals surface area contributed by atoms with E-state index in [1.165, 1.54) is 4.90 Å². The number of carbonyl (C=O) groups excluding carboxylic acids is 3. The summed E-state index contributed by atoms with van der Waals surface area (Å²) in [6.45, 7) is 9.58. The number of nitrogens with zero attached hydrogens (tertiary/aromatic N) is 1. The van der Waals surface area contributed by atoms with Gasteiger partial charge in [-0.15, -0.1) is 0 Å². The van der Waals surface area contributed by atoms with Gasteiger partial charge in [-0.1, -0.05) is 23.3 Å².